The number of halogens is 3. The van der Waals surface area contributed by atoms with Gasteiger partial charge in [0.1, 0.15) is 5.60 Å². The minimum atomic E-state index is -4.38. The van der Waals surface area contributed by atoms with E-state index in [0.29, 0.717) is 18.4 Å². The van der Waals surface area contributed by atoms with Crippen LogP contribution in [0.2, 0.25) is 0 Å². The topological polar surface area (TPSA) is 46.6 Å². The van der Waals surface area contributed by atoms with Crippen LogP contribution in [0.15, 0.2) is 24.3 Å². The number of carbonyl (C=O) groups is 2. The van der Waals surface area contributed by atoms with Crippen molar-refractivity contribution in [3.8, 4) is 0 Å². The Labute approximate surface area is 143 Å². The molecule has 3 rings (SSSR count). The highest BCUT2D eigenvalue weighted by Gasteiger charge is 2.65. The molecule has 1 aliphatic carbocycles. The predicted octanol–water partition coefficient (Wildman–Crippen LogP) is 4.49. The fraction of sp³-hybridized carbons (Fsp3) is 0.556. The molecule has 2 unspecified atom stereocenters. The second kappa shape index (κ2) is 5.47. The molecule has 1 heterocycles. The van der Waals surface area contributed by atoms with Crippen molar-refractivity contribution in [2.45, 2.75) is 63.3 Å². The average Bonchev–Trinajstić information content (AvgIpc) is 3.07. The van der Waals surface area contributed by atoms with Gasteiger partial charge in [0.05, 0.1) is 11.1 Å². The molecule has 0 aromatic heterocycles. The smallest absolute Gasteiger partial charge is 0.417 e. The maximum absolute atomic E-state index is 12.7. The van der Waals surface area contributed by atoms with Crippen LogP contribution >= 0.6 is 0 Å². The molecular formula is C18H20F3NO3. The van der Waals surface area contributed by atoms with Gasteiger partial charge in [-0.2, -0.15) is 13.2 Å². The Bertz CT molecular complexity index is 706. The van der Waals surface area contributed by atoms with Crippen LogP contribution in [0.5, 0.6) is 0 Å². The van der Waals surface area contributed by atoms with Gasteiger partial charge in [0, 0.05) is 12.3 Å². The third-order valence-electron chi connectivity index (χ3n) is 4.73. The molecule has 25 heavy (non-hydrogen) atoms. The van der Waals surface area contributed by atoms with Gasteiger partial charge in [-0.25, -0.2) is 9.69 Å². The number of alkyl halides is 3. The molecule has 1 saturated heterocycles. The van der Waals surface area contributed by atoms with Crippen molar-refractivity contribution < 1.29 is 27.5 Å². The largest absolute Gasteiger partial charge is 0.443 e. The van der Waals surface area contributed by atoms with Crippen LogP contribution in [-0.4, -0.2) is 28.0 Å². The highest BCUT2D eigenvalue weighted by atomic mass is 19.4. The van der Waals surface area contributed by atoms with Crippen molar-refractivity contribution in [1.29, 1.82) is 0 Å². The lowest BCUT2D eigenvalue weighted by Crippen LogP contribution is -2.44. The summed E-state index contributed by atoms with van der Waals surface area (Å²) in [7, 11) is 0. The minimum absolute atomic E-state index is 0.145. The van der Waals surface area contributed by atoms with E-state index in [1.165, 1.54) is 17.0 Å². The van der Waals surface area contributed by atoms with E-state index >= 15 is 0 Å². The zero-order valence-electron chi connectivity index (χ0n) is 14.3. The number of rotatable bonds is 1. The summed E-state index contributed by atoms with van der Waals surface area (Å²) >= 11 is 0. The molecular weight excluding hydrogens is 335 g/mol. The fourth-order valence-corrected chi connectivity index (χ4v) is 3.54. The zero-order chi connectivity index (χ0) is 18.6. The van der Waals surface area contributed by atoms with Crippen molar-refractivity contribution in [2.24, 2.45) is 0 Å². The highest BCUT2D eigenvalue weighted by Crippen LogP contribution is 2.61. The molecule has 0 bridgehead atoms. The first-order valence-electron chi connectivity index (χ1n) is 8.17. The molecule has 1 aromatic rings. The molecule has 7 heteroatoms. The Morgan fingerprint density at radius 1 is 1.20 bits per heavy atom. The highest BCUT2D eigenvalue weighted by molar-refractivity contribution is 5.96. The van der Waals surface area contributed by atoms with Crippen molar-refractivity contribution in [3.63, 3.8) is 0 Å². The Morgan fingerprint density at radius 2 is 1.80 bits per heavy atom. The van der Waals surface area contributed by atoms with E-state index in [-0.39, 0.29) is 18.2 Å². The lowest BCUT2D eigenvalue weighted by Gasteiger charge is -2.28. The molecule has 2 fully saturated rings. The maximum Gasteiger partial charge on any atom is 0.417 e. The van der Waals surface area contributed by atoms with Gasteiger partial charge in [-0.3, -0.25) is 4.79 Å². The van der Waals surface area contributed by atoms with Crippen LogP contribution in [-0.2, 0) is 15.7 Å². The summed E-state index contributed by atoms with van der Waals surface area (Å²) in [6.45, 7) is 5.16. The Hall–Kier alpha value is -2.05. The fourth-order valence-electron chi connectivity index (χ4n) is 3.54. The molecule has 136 valence electrons. The van der Waals surface area contributed by atoms with Gasteiger partial charge in [-0.15, -0.1) is 0 Å². The Morgan fingerprint density at radius 3 is 2.32 bits per heavy atom. The van der Waals surface area contributed by atoms with Crippen molar-refractivity contribution in [2.75, 3.05) is 0 Å². The molecule has 2 aliphatic rings. The van der Waals surface area contributed by atoms with Crippen LogP contribution < -0.4 is 0 Å². The third-order valence-corrected chi connectivity index (χ3v) is 4.73. The quantitative estimate of drug-likeness (QED) is 0.746. The number of amides is 2. The summed E-state index contributed by atoms with van der Waals surface area (Å²) in [5.41, 5.74) is -1.38. The van der Waals surface area contributed by atoms with Crippen LogP contribution in [0.25, 0.3) is 0 Å². The number of likely N-dealkylation sites (tertiary alicyclic amines) is 1. The molecule has 2 amide bonds. The maximum atomic E-state index is 12.7. The number of nitrogens with zero attached hydrogens (tertiary/aromatic N) is 1. The van der Waals surface area contributed by atoms with Crippen molar-refractivity contribution in [3.05, 3.63) is 35.4 Å². The minimum Gasteiger partial charge on any atom is -0.443 e. The molecule has 0 N–H and O–H groups in total. The van der Waals surface area contributed by atoms with Gasteiger partial charge in [0.25, 0.3) is 0 Å². The van der Waals surface area contributed by atoms with E-state index in [1.807, 2.05) is 0 Å². The zero-order valence-corrected chi connectivity index (χ0v) is 14.3. The van der Waals surface area contributed by atoms with Gasteiger partial charge in [0.2, 0.25) is 5.91 Å². The molecule has 2 atom stereocenters. The first kappa shape index (κ1) is 17.8. The van der Waals surface area contributed by atoms with Gasteiger partial charge >= 0.3 is 12.3 Å². The lowest BCUT2D eigenvalue weighted by atomic mass is 10.0. The molecule has 1 aromatic carbocycles. The van der Waals surface area contributed by atoms with Crippen LogP contribution in [0.4, 0.5) is 18.0 Å². The molecule has 1 spiro atoms. The van der Waals surface area contributed by atoms with E-state index in [2.05, 4.69) is 0 Å². The summed E-state index contributed by atoms with van der Waals surface area (Å²) in [6, 6.07) is 4.93. The van der Waals surface area contributed by atoms with Gasteiger partial charge < -0.3 is 4.74 Å². The third kappa shape index (κ3) is 3.24. The Kier molecular flexibility index (Phi) is 3.89. The van der Waals surface area contributed by atoms with E-state index in [0.717, 1.165) is 12.1 Å². The second-order valence-electron chi connectivity index (χ2n) is 7.69. The number of ether oxygens (including phenoxy) is 1. The molecule has 1 aliphatic heterocycles. The first-order chi connectivity index (χ1) is 11.4. The van der Waals surface area contributed by atoms with Crippen LogP contribution in [0.1, 0.15) is 57.1 Å². The van der Waals surface area contributed by atoms with Gasteiger partial charge in [-0.1, -0.05) is 12.1 Å². The average molecular weight is 355 g/mol. The standard InChI is InChI=1S/C18H20F3NO3/c1-16(2,3)25-15(24)22-14(23)8-9-17(22)10-13(17)11-4-6-12(7-5-11)18(19,20)21/h4-7,13H,8-10H2,1-3H3. The van der Waals surface area contributed by atoms with Crippen LogP contribution in [0, 0.1) is 0 Å². The predicted molar refractivity (Wildman–Crippen MR) is 83.8 cm³/mol. The summed E-state index contributed by atoms with van der Waals surface area (Å²) < 4.78 is 43.4. The summed E-state index contributed by atoms with van der Waals surface area (Å²) in [4.78, 5) is 25.8. The number of benzene rings is 1. The number of hydrogen-bond acceptors (Lipinski definition) is 3. The van der Waals surface area contributed by atoms with E-state index < -0.39 is 29.0 Å². The summed E-state index contributed by atoms with van der Waals surface area (Å²) in [6.07, 6.45) is -3.74. The SMILES string of the molecule is CC(C)(C)OC(=O)N1C(=O)CCC12CC2c1ccc(C(F)(F)F)cc1. The Balaban J connectivity index is 1.81. The number of carbonyl (C=O) groups excluding carboxylic acids is 2. The molecule has 1 saturated carbocycles. The monoisotopic (exact) mass is 355 g/mol. The van der Waals surface area contributed by atoms with Crippen molar-refractivity contribution in [1.82, 2.24) is 4.90 Å². The first-order valence-corrected chi connectivity index (χ1v) is 8.17. The van der Waals surface area contributed by atoms with E-state index in [4.69, 9.17) is 4.74 Å². The normalized spacial score (nSPS) is 26.2. The summed E-state index contributed by atoms with van der Waals surface area (Å²) in [5.74, 6) is -0.433. The van der Waals surface area contributed by atoms with Crippen molar-refractivity contribution >= 4 is 12.0 Å². The number of imide groups is 1. The summed E-state index contributed by atoms with van der Waals surface area (Å²) in [5, 5.41) is 0. The van der Waals surface area contributed by atoms with E-state index in [9.17, 15) is 22.8 Å². The number of hydrogen-bond donors (Lipinski definition) is 0. The molecule has 4 nitrogen and oxygen atoms in total. The molecule has 0 radical (unpaired) electrons. The van der Waals surface area contributed by atoms with Gasteiger partial charge in [-0.05, 0) is 51.3 Å². The lowest BCUT2D eigenvalue weighted by molar-refractivity contribution is -0.137. The second-order valence-corrected chi connectivity index (χ2v) is 7.69. The van der Waals surface area contributed by atoms with Crippen LogP contribution in [0.3, 0.4) is 0 Å². The van der Waals surface area contributed by atoms with E-state index in [1.54, 1.807) is 20.8 Å². The van der Waals surface area contributed by atoms with Gasteiger partial charge in [0.15, 0.2) is 0 Å².